The molecule has 0 heterocycles. The van der Waals surface area contributed by atoms with E-state index in [1.54, 1.807) is 19.2 Å². The lowest BCUT2D eigenvalue weighted by atomic mass is 10.2. The minimum absolute atomic E-state index is 0.146. The minimum atomic E-state index is -0.288. The fourth-order valence-electron chi connectivity index (χ4n) is 1.73. The van der Waals surface area contributed by atoms with Gasteiger partial charge in [-0.3, -0.25) is 0 Å². The topological polar surface area (TPSA) is 18.5 Å². The maximum absolute atomic E-state index is 13.7. The van der Waals surface area contributed by atoms with Crippen molar-refractivity contribution in [1.29, 1.82) is 0 Å². The molecule has 0 spiro atoms. The Kier molecular flexibility index (Phi) is 5.43. The first-order valence-corrected chi connectivity index (χ1v) is 7.85. The van der Waals surface area contributed by atoms with Crippen LogP contribution in [0.25, 0.3) is 0 Å². The summed E-state index contributed by atoms with van der Waals surface area (Å²) < 4.78 is 25.4. The first-order valence-electron chi connectivity index (χ1n) is 5.93. The lowest BCUT2D eigenvalue weighted by Crippen LogP contribution is -2.00. The van der Waals surface area contributed by atoms with Crippen molar-refractivity contribution in [1.82, 2.24) is 0 Å². The van der Waals surface area contributed by atoms with Crippen molar-refractivity contribution in [2.45, 2.75) is 11.9 Å². The molecule has 2 aromatic rings. The second-order valence-corrected chi connectivity index (χ2v) is 5.62. The lowest BCUT2D eigenvalue weighted by molar-refractivity contribution is 0.279. The van der Waals surface area contributed by atoms with Gasteiger partial charge in [0.25, 0.3) is 0 Å². The number of hydrogen-bond acceptors (Lipinski definition) is 2. The summed E-state index contributed by atoms with van der Waals surface area (Å²) in [5.74, 6) is 0.942. The second-order valence-electron chi connectivity index (χ2n) is 4.14. The predicted octanol–water partition coefficient (Wildman–Crippen LogP) is 5.07. The van der Waals surface area contributed by atoms with Crippen molar-refractivity contribution in [3.8, 4) is 11.5 Å². The summed E-state index contributed by atoms with van der Waals surface area (Å²) in [6.45, 7) is 0.146. The number of ether oxygens (including phenoxy) is 2. The fourth-order valence-corrected chi connectivity index (χ4v) is 2.48. The van der Waals surface area contributed by atoms with Crippen LogP contribution in [0, 0.1) is 5.82 Å². The molecule has 20 heavy (non-hydrogen) atoms. The Morgan fingerprint density at radius 3 is 2.60 bits per heavy atom. The van der Waals surface area contributed by atoms with Crippen molar-refractivity contribution in [2.24, 2.45) is 0 Å². The van der Waals surface area contributed by atoms with Crippen LogP contribution in [0.15, 0.2) is 40.9 Å². The molecule has 0 aliphatic rings. The van der Waals surface area contributed by atoms with Gasteiger partial charge < -0.3 is 9.47 Å². The smallest absolute Gasteiger partial charge is 0.161 e. The third-order valence-corrected chi connectivity index (χ3v) is 3.91. The number of rotatable bonds is 5. The van der Waals surface area contributed by atoms with E-state index in [-0.39, 0.29) is 12.4 Å². The molecule has 0 aliphatic heterocycles. The molecule has 0 amide bonds. The van der Waals surface area contributed by atoms with Crippen LogP contribution in [0.2, 0.25) is 0 Å². The normalized spacial score (nSPS) is 10.4. The molecule has 0 unspecified atom stereocenters. The summed E-state index contributed by atoms with van der Waals surface area (Å²) in [5, 5.41) is 0.721. The molecular formula is C15H13Br2FO2. The highest BCUT2D eigenvalue weighted by Gasteiger charge is 2.08. The minimum Gasteiger partial charge on any atom is -0.493 e. The molecule has 2 nitrogen and oxygen atoms in total. The zero-order valence-electron chi connectivity index (χ0n) is 10.8. The van der Waals surface area contributed by atoms with Gasteiger partial charge in [0.2, 0.25) is 0 Å². The average Bonchev–Trinajstić information content (AvgIpc) is 2.47. The maximum Gasteiger partial charge on any atom is 0.161 e. The highest BCUT2D eigenvalue weighted by atomic mass is 79.9. The summed E-state index contributed by atoms with van der Waals surface area (Å²) >= 11 is 6.71. The van der Waals surface area contributed by atoms with Gasteiger partial charge in [-0.15, -0.1) is 0 Å². The molecule has 2 aromatic carbocycles. The molecule has 0 aromatic heterocycles. The Bertz CT molecular complexity index is 602. The van der Waals surface area contributed by atoms with Crippen LogP contribution in [0.1, 0.15) is 11.1 Å². The van der Waals surface area contributed by atoms with E-state index in [0.717, 1.165) is 15.4 Å². The van der Waals surface area contributed by atoms with Crippen LogP contribution in [0.3, 0.4) is 0 Å². The van der Waals surface area contributed by atoms with Crippen LogP contribution < -0.4 is 9.47 Å². The molecule has 106 valence electrons. The van der Waals surface area contributed by atoms with E-state index < -0.39 is 0 Å². The summed E-state index contributed by atoms with van der Waals surface area (Å²) in [7, 11) is 1.58. The third-order valence-electron chi connectivity index (χ3n) is 2.77. The largest absolute Gasteiger partial charge is 0.493 e. The quantitative estimate of drug-likeness (QED) is 0.648. The van der Waals surface area contributed by atoms with Gasteiger partial charge in [0.15, 0.2) is 11.5 Å². The molecule has 0 saturated heterocycles. The third kappa shape index (κ3) is 3.73. The Hall–Kier alpha value is -1.07. The summed E-state index contributed by atoms with van der Waals surface area (Å²) in [6, 6.07) is 10.4. The maximum atomic E-state index is 13.7. The molecule has 0 fully saturated rings. The van der Waals surface area contributed by atoms with E-state index in [4.69, 9.17) is 9.47 Å². The van der Waals surface area contributed by atoms with Gasteiger partial charge in [0, 0.05) is 15.4 Å². The van der Waals surface area contributed by atoms with Crippen LogP contribution in [0.5, 0.6) is 11.5 Å². The zero-order valence-corrected chi connectivity index (χ0v) is 14.0. The van der Waals surface area contributed by atoms with Gasteiger partial charge in [0.05, 0.1) is 7.11 Å². The Balaban J connectivity index is 2.19. The summed E-state index contributed by atoms with van der Waals surface area (Å²) in [6.07, 6.45) is 0. The number of methoxy groups -OCH3 is 1. The first kappa shape index (κ1) is 15.3. The van der Waals surface area contributed by atoms with E-state index in [9.17, 15) is 4.39 Å². The van der Waals surface area contributed by atoms with E-state index in [1.165, 1.54) is 6.07 Å². The van der Waals surface area contributed by atoms with Crippen LogP contribution >= 0.6 is 31.9 Å². The van der Waals surface area contributed by atoms with Gasteiger partial charge in [-0.2, -0.15) is 0 Å². The van der Waals surface area contributed by atoms with Crippen LogP contribution in [0.4, 0.5) is 4.39 Å². The van der Waals surface area contributed by atoms with Crippen LogP contribution in [-0.2, 0) is 11.9 Å². The molecule has 5 heteroatoms. The highest BCUT2D eigenvalue weighted by Crippen LogP contribution is 2.30. The van der Waals surface area contributed by atoms with Gasteiger partial charge in [-0.1, -0.05) is 37.9 Å². The number of hydrogen-bond donors (Lipinski definition) is 0. The molecule has 0 radical (unpaired) electrons. The molecule has 0 N–H and O–H groups in total. The van der Waals surface area contributed by atoms with E-state index in [2.05, 4.69) is 31.9 Å². The van der Waals surface area contributed by atoms with Crippen molar-refractivity contribution < 1.29 is 13.9 Å². The van der Waals surface area contributed by atoms with Gasteiger partial charge >= 0.3 is 0 Å². The number of halogens is 3. The summed E-state index contributed by atoms with van der Waals surface area (Å²) in [4.78, 5) is 0. The molecule has 2 rings (SSSR count). The Morgan fingerprint density at radius 2 is 1.90 bits per heavy atom. The molecule has 0 atom stereocenters. The number of benzene rings is 2. The van der Waals surface area contributed by atoms with E-state index in [0.29, 0.717) is 17.1 Å². The predicted molar refractivity (Wildman–Crippen MR) is 84.1 cm³/mol. The van der Waals surface area contributed by atoms with Crippen molar-refractivity contribution in [3.05, 3.63) is 57.8 Å². The van der Waals surface area contributed by atoms with E-state index >= 15 is 0 Å². The Labute approximate surface area is 134 Å². The SMILES string of the molecule is COc1ccc(CBr)cc1OCc1cc(Br)ccc1F. The Morgan fingerprint density at radius 1 is 1.10 bits per heavy atom. The second kappa shape index (κ2) is 7.09. The standard InChI is InChI=1S/C15H13Br2FO2/c1-19-14-5-2-10(8-16)6-15(14)20-9-11-7-12(17)3-4-13(11)18/h2-7H,8-9H2,1H3. The molecule has 0 bridgehead atoms. The molecule has 0 saturated carbocycles. The van der Waals surface area contributed by atoms with Gasteiger partial charge in [-0.25, -0.2) is 4.39 Å². The highest BCUT2D eigenvalue weighted by molar-refractivity contribution is 9.10. The van der Waals surface area contributed by atoms with Crippen LogP contribution in [-0.4, -0.2) is 7.11 Å². The summed E-state index contributed by atoms with van der Waals surface area (Å²) in [5.41, 5.74) is 1.56. The van der Waals surface area contributed by atoms with Crippen molar-refractivity contribution in [3.63, 3.8) is 0 Å². The molecular weight excluding hydrogens is 391 g/mol. The number of alkyl halides is 1. The monoisotopic (exact) mass is 402 g/mol. The lowest BCUT2D eigenvalue weighted by Gasteiger charge is -2.12. The van der Waals surface area contributed by atoms with Crippen molar-refractivity contribution in [2.75, 3.05) is 7.11 Å². The van der Waals surface area contributed by atoms with Crippen molar-refractivity contribution >= 4 is 31.9 Å². The zero-order chi connectivity index (χ0) is 14.5. The van der Waals surface area contributed by atoms with Gasteiger partial charge in [-0.05, 0) is 35.9 Å². The van der Waals surface area contributed by atoms with E-state index in [1.807, 2.05) is 18.2 Å². The van der Waals surface area contributed by atoms with Gasteiger partial charge in [0.1, 0.15) is 12.4 Å². The first-order chi connectivity index (χ1) is 9.63. The molecule has 0 aliphatic carbocycles. The fraction of sp³-hybridized carbons (Fsp3) is 0.200. The average molecular weight is 404 g/mol.